The number of thiazole rings is 1. The van der Waals surface area contributed by atoms with Crippen LogP contribution in [0.25, 0.3) is 17.0 Å². The summed E-state index contributed by atoms with van der Waals surface area (Å²) < 4.78 is 6.48. The number of hydrogen-bond acceptors (Lipinski definition) is 4. The van der Waals surface area contributed by atoms with Crippen molar-refractivity contribution in [2.24, 2.45) is 0 Å². The number of rotatable bonds is 3. The lowest BCUT2D eigenvalue weighted by Crippen LogP contribution is -1.89. The van der Waals surface area contributed by atoms with Gasteiger partial charge in [-0.1, -0.05) is 15.9 Å². The Morgan fingerprint density at radius 1 is 1.37 bits per heavy atom. The molecule has 2 heterocycles. The molecular formula is C14H8BrNO2S. The molecule has 0 unspecified atom stereocenters. The van der Waals surface area contributed by atoms with Crippen LogP contribution in [0.3, 0.4) is 0 Å². The van der Waals surface area contributed by atoms with Gasteiger partial charge in [0, 0.05) is 20.9 Å². The minimum absolute atomic E-state index is 0.152. The van der Waals surface area contributed by atoms with Gasteiger partial charge in [-0.25, -0.2) is 0 Å². The highest BCUT2D eigenvalue weighted by Gasteiger charge is 2.09. The van der Waals surface area contributed by atoms with Gasteiger partial charge in [-0.3, -0.25) is 9.78 Å². The van der Waals surface area contributed by atoms with E-state index in [2.05, 4.69) is 20.9 Å². The molecule has 3 rings (SSSR count). The van der Waals surface area contributed by atoms with Gasteiger partial charge in [0.2, 0.25) is 5.78 Å². The Bertz CT molecular complexity index is 759. The first-order valence-electron chi connectivity index (χ1n) is 5.52. The molecule has 0 N–H and O–H groups in total. The molecule has 3 nitrogen and oxygen atoms in total. The van der Waals surface area contributed by atoms with E-state index in [1.165, 1.54) is 17.4 Å². The lowest BCUT2D eigenvalue weighted by atomic mass is 10.2. The van der Waals surface area contributed by atoms with Crippen LogP contribution in [0.15, 0.2) is 50.9 Å². The topological polar surface area (TPSA) is 43.1 Å². The first kappa shape index (κ1) is 12.3. The van der Waals surface area contributed by atoms with E-state index >= 15 is 0 Å². The zero-order chi connectivity index (χ0) is 13.2. The van der Waals surface area contributed by atoms with Gasteiger partial charge in [0.15, 0.2) is 5.76 Å². The number of aromatic nitrogens is 1. The Hall–Kier alpha value is -1.72. The maximum atomic E-state index is 12.0. The summed E-state index contributed by atoms with van der Waals surface area (Å²) in [6.45, 7) is 0. The molecule has 19 heavy (non-hydrogen) atoms. The summed E-state index contributed by atoms with van der Waals surface area (Å²) in [7, 11) is 0. The number of ketones is 1. The van der Waals surface area contributed by atoms with Gasteiger partial charge in [0.25, 0.3) is 0 Å². The molecule has 0 amide bonds. The zero-order valence-corrected chi connectivity index (χ0v) is 12.1. The van der Waals surface area contributed by atoms with Crippen molar-refractivity contribution in [1.82, 2.24) is 4.98 Å². The van der Waals surface area contributed by atoms with Crippen molar-refractivity contribution in [3.8, 4) is 0 Å². The second kappa shape index (κ2) is 5.11. The first-order valence-corrected chi connectivity index (χ1v) is 7.19. The van der Waals surface area contributed by atoms with Crippen molar-refractivity contribution in [3.05, 3.63) is 57.2 Å². The average Bonchev–Trinajstić information content (AvgIpc) is 3.04. The number of fused-ring (bicyclic) bond motifs is 1. The number of carbonyl (C=O) groups is 1. The third-order valence-electron chi connectivity index (χ3n) is 2.57. The molecule has 0 spiro atoms. The van der Waals surface area contributed by atoms with E-state index in [1.54, 1.807) is 23.8 Å². The quantitative estimate of drug-likeness (QED) is 0.521. The molecule has 0 radical (unpaired) electrons. The minimum Gasteiger partial charge on any atom is -0.453 e. The van der Waals surface area contributed by atoms with Crippen LogP contribution in [0, 0.1) is 0 Å². The fraction of sp³-hybridized carbons (Fsp3) is 0. The number of halogens is 1. The molecule has 0 saturated heterocycles. The van der Waals surface area contributed by atoms with Crippen LogP contribution in [0.5, 0.6) is 0 Å². The zero-order valence-electron chi connectivity index (χ0n) is 9.67. The van der Waals surface area contributed by atoms with Crippen molar-refractivity contribution in [3.63, 3.8) is 0 Å². The predicted molar refractivity (Wildman–Crippen MR) is 79.4 cm³/mol. The molecule has 5 heteroatoms. The van der Waals surface area contributed by atoms with Crippen LogP contribution in [0.4, 0.5) is 0 Å². The van der Waals surface area contributed by atoms with E-state index in [-0.39, 0.29) is 5.78 Å². The summed E-state index contributed by atoms with van der Waals surface area (Å²) in [6, 6.07) is 7.39. The lowest BCUT2D eigenvalue weighted by molar-refractivity contribution is 0.102. The Balaban J connectivity index is 1.89. The Morgan fingerprint density at radius 3 is 3.05 bits per heavy atom. The molecule has 3 aromatic rings. The molecule has 0 saturated carbocycles. The maximum absolute atomic E-state index is 12.0. The fourth-order valence-electron chi connectivity index (χ4n) is 1.68. The van der Waals surface area contributed by atoms with E-state index in [0.717, 1.165) is 14.7 Å². The van der Waals surface area contributed by atoms with Gasteiger partial charge in [-0.05, 0) is 36.4 Å². The number of hydrogen-bond donors (Lipinski definition) is 0. The van der Waals surface area contributed by atoms with E-state index in [1.807, 2.05) is 18.2 Å². The second-order valence-corrected chi connectivity index (χ2v) is 5.73. The van der Waals surface area contributed by atoms with Crippen LogP contribution in [-0.4, -0.2) is 10.8 Å². The Labute approximate surface area is 121 Å². The van der Waals surface area contributed by atoms with Gasteiger partial charge in [-0.2, -0.15) is 0 Å². The van der Waals surface area contributed by atoms with Crippen LogP contribution in [-0.2, 0) is 0 Å². The summed E-state index contributed by atoms with van der Waals surface area (Å²) in [6.07, 6.45) is 4.95. The van der Waals surface area contributed by atoms with Crippen molar-refractivity contribution in [1.29, 1.82) is 0 Å². The van der Waals surface area contributed by atoms with E-state index in [9.17, 15) is 4.79 Å². The molecule has 1 aromatic carbocycles. The summed E-state index contributed by atoms with van der Waals surface area (Å²) in [5.41, 5.74) is 2.43. The molecule has 0 aliphatic rings. The van der Waals surface area contributed by atoms with Crippen LogP contribution >= 0.6 is 27.3 Å². The van der Waals surface area contributed by atoms with Crippen molar-refractivity contribution in [2.45, 2.75) is 0 Å². The van der Waals surface area contributed by atoms with Crippen LogP contribution in [0.2, 0.25) is 0 Å². The summed E-state index contributed by atoms with van der Waals surface area (Å²) in [5.74, 6) is 0.189. The summed E-state index contributed by atoms with van der Waals surface area (Å²) >= 11 is 4.87. The van der Waals surface area contributed by atoms with Gasteiger partial charge in [0.05, 0.1) is 5.51 Å². The number of carbonyl (C=O) groups excluding carboxylic acids is 1. The molecule has 94 valence electrons. The van der Waals surface area contributed by atoms with Gasteiger partial charge < -0.3 is 4.42 Å². The largest absolute Gasteiger partial charge is 0.453 e. The fourth-order valence-corrected chi connectivity index (χ4v) is 2.57. The minimum atomic E-state index is -0.152. The third kappa shape index (κ3) is 2.67. The highest BCUT2D eigenvalue weighted by molar-refractivity contribution is 9.10. The Morgan fingerprint density at radius 2 is 2.26 bits per heavy atom. The predicted octanol–water partition coefficient (Wildman–Crippen LogP) is 4.55. The van der Waals surface area contributed by atoms with Gasteiger partial charge >= 0.3 is 0 Å². The van der Waals surface area contributed by atoms with E-state index in [4.69, 9.17) is 4.42 Å². The molecule has 2 aromatic heterocycles. The SMILES string of the molecule is O=C(/C=C/c1cncs1)c1cc2cc(Br)ccc2o1. The van der Waals surface area contributed by atoms with Crippen molar-refractivity contribution in [2.75, 3.05) is 0 Å². The average molecular weight is 334 g/mol. The van der Waals surface area contributed by atoms with Crippen molar-refractivity contribution >= 4 is 50.1 Å². The van der Waals surface area contributed by atoms with E-state index in [0.29, 0.717) is 11.3 Å². The normalized spacial score (nSPS) is 11.4. The van der Waals surface area contributed by atoms with Crippen molar-refractivity contribution < 1.29 is 9.21 Å². The highest BCUT2D eigenvalue weighted by Crippen LogP contribution is 2.24. The summed E-state index contributed by atoms with van der Waals surface area (Å²) in [5, 5.41) is 0.906. The molecule has 0 aliphatic carbocycles. The first-order chi connectivity index (χ1) is 9.22. The van der Waals surface area contributed by atoms with Crippen LogP contribution in [0.1, 0.15) is 15.4 Å². The molecule has 0 aliphatic heterocycles. The van der Waals surface area contributed by atoms with Crippen LogP contribution < -0.4 is 0 Å². The third-order valence-corrected chi connectivity index (χ3v) is 3.81. The Kier molecular flexibility index (Phi) is 3.31. The molecule has 0 atom stereocenters. The number of benzene rings is 1. The monoisotopic (exact) mass is 333 g/mol. The lowest BCUT2D eigenvalue weighted by Gasteiger charge is -1.88. The number of nitrogens with zero attached hydrogens (tertiary/aromatic N) is 1. The smallest absolute Gasteiger partial charge is 0.221 e. The second-order valence-electron chi connectivity index (χ2n) is 3.89. The van der Waals surface area contributed by atoms with E-state index < -0.39 is 0 Å². The maximum Gasteiger partial charge on any atom is 0.221 e. The number of allylic oxidation sites excluding steroid dienone is 1. The van der Waals surface area contributed by atoms with Gasteiger partial charge in [-0.15, -0.1) is 11.3 Å². The standard InChI is InChI=1S/C14H8BrNO2S/c15-10-1-4-13-9(5-10)6-14(18-13)12(17)3-2-11-7-16-8-19-11/h1-8H/b3-2+. The molecule has 0 bridgehead atoms. The molecule has 0 fully saturated rings. The highest BCUT2D eigenvalue weighted by atomic mass is 79.9. The number of furan rings is 1. The summed E-state index contributed by atoms with van der Waals surface area (Å²) in [4.78, 5) is 16.9. The molecular weight excluding hydrogens is 326 g/mol. The van der Waals surface area contributed by atoms with Gasteiger partial charge in [0.1, 0.15) is 5.58 Å².